The summed E-state index contributed by atoms with van der Waals surface area (Å²) in [5, 5.41) is 2.74. The first-order valence-electron chi connectivity index (χ1n) is 8.01. The minimum absolute atomic E-state index is 0.0314. The van der Waals surface area contributed by atoms with Crippen LogP contribution in [0, 0.1) is 0 Å². The first-order chi connectivity index (χ1) is 11.8. The molecule has 136 valence electrons. The lowest BCUT2D eigenvalue weighted by molar-refractivity contribution is -0.131. The van der Waals surface area contributed by atoms with E-state index in [2.05, 4.69) is 5.32 Å². The molecule has 1 N–H and O–H groups in total. The van der Waals surface area contributed by atoms with Crippen molar-refractivity contribution in [2.24, 2.45) is 0 Å². The minimum atomic E-state index is -3.09. The molecule has 1 saturated heterocycles. The molecule has 25 heavy (non-hydrogen) atoms. The third-order valence-corrected chi connectivity index (χ3v) is 6.04. The molecule has 1 aromatic rings. The molecule has 9 heteroatoms. The van der Waals surface area contributed by atoms with Crippen molar-refractivity contribution in [3.8, 4) is 11.5 Å². The fraction of sp³-hybridized carbons (Fsp3) is 0.500. The highest BCUT2D eigenvalue weighted by Crippen LogP contribution is 2.34. The Kier molecular flexibility index (Phi) is 4.85. The zero-order valence-electron chi connectivity index (χ0n) is 13.9. The molecule has 0 radical (unpaired) electrons. The van der Waals surface area contributed by atoms with Gasteiger partial charge in [0.1, 0.15) is 0 Å². The first-order valence-corrected chi connectivity index (χ1v) is 9.83. The van der Waals surface area contributed by atoms with Crippen molar-refractivity contribution in [3.63, 3.8) is 0 Å². The Hall–Kier alpha value is -2.29. The number of carbonyl (C=O) groups is 2. The lowest BCUT2D eigenvalue weighted by Crippen LogP contribution is -2.41. The van der Waals surface area contributed by atoms with Gasteiger partial charge in [-0.15, -0.1) is 0 Å². The Bertz CT molecular complexity index is 792. The number of nitrogens with zero attached hydrogens (tertiary/aromatic N) is 1. The summed E-state index contributed by atoms with van der Waals surface area (Å²) < 4.78 is 33.7. The molecule has 1 unspecified atom stereocenters. The van der Waals surface area contributed by atoms with E-state index in [0.29, 0.717) is 23.6 Å². The largest absolute Gasteiger partial charge is 0.454 e. The number of rotatable bonds is 5. The molecule has 1 fully saturated rings. The van der Waals surface area contributed by atoms with Gasteiger partial charge >= 0.3 is 0 Å². The molecule has 2 heterocycles. The maximum Gasteiger partial charge on any atom is 0.231 e. The fourth-order valence-corrected chi connectivity index (χ4v) is 4.77. The van der Waals surface area contributed by atoms with Crippen molar-refractivity contribution in [2.45, 2.75) is 25.8 Å². The van der Waals surface area contributed by atoms with Crippen LogP contribution in [0.5, 0.6) is 11.5 Å². The van der Waals surface area contributed by atoms with E-state index in [0.717, 1.165) is 0 Å². The SMILES string of the molecule is CC(=O)N(CCC(=O)Nc1ccc2c(c1)OCO2)C1CCS(=O)(=O)C1. The van der Waals surface area contributed by atoms with Crippen molar-refractivity contribution in [3.05, 3.63) is 18.2 Å². The zero-order chi connectivity index (χ0) is 18.0. The van der Waals surface area contributed by atoms with Gasteiger partial charge in [-0.25, -0.2) is 8.42 Å². The zero-order valence-corrected chi connectivity index (χ0v) is 14.7. The highest BCUT2D eigenvalue weighted by molar-refractivity contribution is 7.91. The number of carbonyl (C=O) groups excluding carboxylic acids is 2. The van der Waals surface area contributed by atoms with Crippen LogP contribution >= 0.6 is 0 Å². The molecule has 0 spiro atoms. The van der Waals surface area contributed by atoms with Crippen LogP contribution in [0.15, 0.2) is 18.2 Å². The minimum Gasteiger partial charge on any atom is -0.454 e. The summed E-state index contributed by atoms with van der Waals surface area (Å²) in [7, 11) is -3.09. The summed E-state index contributed by atoms with van der Waals surface area (Å²) >= 11 is 0. The normalized spacial score (nSPS) is 20.3. The average Bonchev–Trinajstić information content (AvgIpc) is 3.13. The van der Waals surface area contributed by atoms with Crippen molar-refractivity contribution in [2.75, 3.05) is 30.2 Å². The van der Waals surface area contributed by atoms with Crippen LogP contribution in [0.4, 0.5) is 5.69 Å². The van der Waals surface area contributed by atoms with E-state index in [1.54, 1.807) is 18.2 Å². The predicted octanol–water partition coefficient (Wildman–Crippen LogP) is 0.780. The lowest BCUT2D eigenvalue weighted by Gasteiger charge is -2.26. The maximum absolute atomic E-state index is 12.1. The molecule has 0 aliphatic carbocycles. The highest BCUT2D eigenvalue weighted by atomic mass is 32.2. The number of ether oxygens (including phenoxy) is 2. The monoisotopic (exact) mass is 368 g/mol. The molecule has 0 aromatic heterocycles. The molecule has 1 atom stereocenters. The molecule has 0 bridgehead atoms. The van der Waals surface area contributed by atoms with Gasteiger partial charge in [-0.3, -0.25) is 9.59 Å². The average molecular weight is 368 g/mol. The van der Waals surface area contributed by atoms with Crippen molar-refractivity contribution in [1.29, 1.82) is 0 Å². The summed E-state index contributed by atoms with van der Waals surface area (Å²) in [6, 6.07) is 4.74. The van der Waals surface area contributed by atoms with Gasteiger partial charge in [-0.2, -0.15) is 0 Å². The van der Waals surface area contributed by atoms with E-state index in [9.17, 15) is 18.0 Å². The summed E-state index contributed by atoms with van der Waals surface area (Å²) in [6.07, 6.45) is 0.510. The molecule has 1 aromatic carbocycles. The number of sulfone groups is 1. The first kappa shape index (κ1) is 17.5. The standard InChI is InChI=1S/C16H20N2O6S/c1-11(19)18(13-5-7-25(21,22)9-13)6-4-16(20)17-12-2-3-14-15(8-12)24-10-23-14/h2-3,8,13H,4-7,9-10H2,1H3,(H,17,20). The molecule has 2 amide bonds. The summed E-state index contributed by atoms with van der Waals surface area (Å²) in [6.45, 7) is 1.73. The number of fused-ring (bicyclic) bond motifs is 1. The molecule has 2 aliphatic rings. The smallest absolute Gasteiger partial charge is 0.231 e. The Morgan fingerprint density at radius 2 is 2.04 bits per heavy atom. The fourth-order valence-electron chi connectivity index (χ4n) is 3.04. The molecule has 0 saturated carbocycles. The van der Waals surface area contributed by atoms with Crippen LogP contribution < -0.4 is 14.8 Å². The van der Waals surface area contributed by atoms with E-state index in [1.165, 1.54) is 11.8 Å². The Balaban J connectivity index is 1.56. The van der Waals surface area contributed by atoms with Gasteiger partial charge < -0.3 is 19.7 Å². The Labute approximate surface area is 146 Å². The number of hydrogen-bond acceptors (Lipinski definition) is 6. The van der Waals surface area contributed by atoms with Crippen LogP contribution in [0.3, 0.4) is 0 Å². The van der Waals surface area contributed by atoms with Gasteiger partial charge in [0.25, 0.3) is 0 Å². The van der Waals surface area contributed by atoms with Crippen LogP contribution in [-0.2, 0) is 19.4 Å². The van der Waals surface area contributed by atoms with E-state index in [1.807, 2.05) is 0 Å². The molecule has 2 aliphatic heterocycles. The maximum atomic E-state index is 12.1. The Morgan fingerprint density at radius 3 is 2.72 bits per heavy atom. The van der Waals surface area contributed by atoms with Crippen LogP contribution in [-0.4, -0.2) is 56.0 Å². The van der Waals surface area contributed by atoms with Crippen LogP contribution in [0.2, 0.25) is 0 Å². The quantitative estimate of drug-likeness (QED) is 0.824. The van der Waals surface area contributed by atoms with Crippen LogP contribution in [0.25, 0.3) is 0 Å². The van der Waals surface area contributed by atoms with Gasteiger partial charge in [0.15, 0.2) is 21.3 Å². The number of nitrogens with one attached hydrogen (secondary N) is 1. The number of benzene rings is 1. The van der Waals surface area contributed by atoms with Gasteiger partial charge in [0.2, 0.25) is 18.6 Å². The van der Waals surface area contributed by atoms with E-state index in [4.69, 9.17) is 9.47 Å². The van der Waals surface area contributed by atoms with Gasteiger partial charge in [-0.05, 0) is 18.6 Å². The van der Waals surface area contributed by atoms with Gasteiger partial charge in [0.05, 0.1) is 11.5 Å². The lowest BCUT2D eigenvalue weighted by atomic mass is 10.2. The predicted molar refractivity (Wildman–Crippen MR) is 90.3 cm³/mol. The van der Waals surface area contributed by atoms with E-state index in [-0.39, 0.29) is 49.1 Å². The second kappa shape index (κ2) is 6.91. The second-order valence-electron chi connectivity index (χ2n) is 6.14. The van der Waals surface area contributed by atoms with E-state index >= 15 is 0 Å². The van der Waals surface area contributed by atoms with Gasteiger partial charge in [0, 0.05) is 37.7 Å². The number of hydrogen-bond donors (Lipinski definition) is 1. The van der Waals surface area contributed by atoms with Gasteiger partial charge in [-0.1, -0.05) is 0 Å². The van der Waals surface area contributed by atoms with Crippen molar-refractivity contribution < 1.29 is 27.5 Å². The summed E-state index contributed by atoms with van der Waals surface area (Å²) in [5.41, 5.74) is 0.576. The number of amides is 2. The molecule has 8 nitrogen and oxygen atoms in total. The van der Waals surface area contributed by atoms with E-state index < -0.39 is 9.84 Å². The van der Waals surface area contributed by atoms with Crippen molar-refractivity contribution >= 4 is 27.3 Å². The number of anilines is 1. The third kappa shape index (κ3) is 4.22. The van der Waals surface area contributed by atoms with Crippen LogP contribution in [0.1, 0.15) is 19.8 Å². The molecular weight excluding hydrogens is 348 g/mol. The van der Waals surface area contributed by atoms with Crippen molar-refractivity contribution in [1.82, 2.24) is 4.90 Å². The second-order valence-corrected chi connectivity index (χ2v) is 8.36. The molecule has 3 rings (SSSR count). The summed E-state index contributed by atoms with van der Waals surface area (Å²) in [4.78, 5) is 25.4. The third-order valence-electron chi connectivity index (χ3n) is 4.29. The molecular formula is C16H20N2O6S. The Morgan fingerprint density at radius 1 is 1.28 bits per heavy atom. The summed E-state index contributed by atoms with van der Waals surface area (Å²) in [5.74, 6) is 0.771. The topological polar surface area (TPSA) is 102 Å². The highest BCUT2D eigenvalue weighted by Gasteiger charge is 2.33.